The van der Waals surface area contributed by atoms with E-state index in [9.17, 15) is 4.79 Å². The van der Waals surface area contributed by atoms with Gasteiger partial charge in [0.25, 0.3) is 0 Å². The molecule has 0 aromatic carbocycles. The number of rotatable bonds is 7. The molecule has 1 aliphatic heterocycles. The fraction of sp³-hybridized carbons (Fsp3) is 0.917. The number of hydrogen-bond acceptors (Lipinski definition) is 4. The third kappa shape index (κ3) is 6.08. The zero-order valence-corrected chi connectivity index (χ0v) is 10.2. The molecule has 0 aliphatic carbocycles. The predicted octanol–water partition coefficient (Wildman–Crippen LogP) is 1.35. The van der Waals surface area contributed by atoms with E-state index in [2.05, 4.69) is 12.2 Å². The van der Waals surface area contributed by atoms with Crippen molar-refractivity contribution in [2.45, 2.75) is 32.6 Å². The summed E-state index contributed by atoms with van der Waals surface area (Å²) in [5.74, 6) is 0.512. The summed E-state index contributed by atoms with van der Waals surface area (Å²) in [7, 11) is 0. The molecule has 16 heavy (non-hydrogen) atoms. The van der Waals surface area contributed by atoms with Gasteiger partial charge in [-0.1, -0.05) is 13.3 Å². The molecule has 0 unspecified atom stereocenters. The molecular weight excluding hydrogens is 206 g/mol. The minimum absolute atomic E-state index is 0.138. The van der Waals surface area contributed by atoms with Gasteiger partial charge in [0.05, 0.1) is 13.2 Å². The van der Waals surface area contributed by atoms with Crippen LogP contribution in [0.5, 0.6) is 0 Å². The summed E-state index contributed by atoms with van der Waals surface area (Å²) >= 11 is 0. The first kappa shape index (κ1) is 13.5. The fourth-order valence-electron chi connectivity index (χ4n) is 1.71. The van der Waals surface area contributed by atoms with Crippen LogP contribution >= 0.6 is 0 Å². The Morgan fingerprint density at radius 2 is 2.19 bits per heavy atom. The van der Waals surface area contributed by atoms with Crippen LogP contribution in [-0.2, 0) is 14.3 Å². The van der Waals surface area contributed by atoms with Crippen LogP contribution < -0.4 is 5.32 Å². The van der Waals surface area contributed by atoms with Crippen LogP contribution in [0.2, 0.25) is 0 Å². The van der Waals surface area contributed by atoms with Crippen molar-refractivity contribution in [3.8, 4) is 0 Å². The third-order valence-corrected chi connectivity index (χ3v) is 2.80. The normalized spacial score (nSPS) is 17.3. The monoisotopic (exact) mass is 229 g/mol. The van der Waals surface area contributed by atoms with Gasteiger partial charge in [0, 0.05) is 13.2 Å². The van der Waals surface area contributed by atoms with Gasteiger partial charge in [0.2, 0.25) is 0 Å². The van der Waals surface area contributed by atoms with Crippen LogP contribution in [0, 0.1) is 5.92 Å². The summed E-state index contributed by atoms with van der Waals surface area (Å²) in [6, 6.07) is 0. The minimum Gasteiger partial charge on any atom is -0.465 e. The topological polar surface area (TPSA) is 47.6 Å². The van der Waals surface area contributed by atoms with Crippen LogP contribution in [0.4, 0.5) is 0 Å². The van der Waals surface area contributed by atoms with E-state index in [-0.39, 0.29) is 5.97 Å². The Labute approximate surface area is 97.7 Å². The number of hydrogen-bond donors (Lipinski definition) is 1. The fourth-order valence-corrected chi connectivity index (χ4v) is 1.71. The molecule has 4 nitrogen and oxygen atoms in total. The molecule has 1 aliphatic rings. The van der Waals surface area contributed by atoms with Crippen LogP contribution in [0.15, 0.2) is 0 Å². The van der Waals surface area contributed by atoms with Gasteiger partial charge in [-0.3, -0.25) is 4.79 Å². The van der Waals surface area contributed by atoms with Gasteiger partial charge in [0.1, 0.15) is 0 Å². The highest BCUT2D eigenvalue weighted by molar-refractivity contribution is 5.71. The standard InChI is InChI=1S/C12H23NO3/c1-2-3-6-16-12(14)10-13-9-11-4-7-15-8-5-11/h11,13H,2-10H2,1H3. The van der Waals surface area contributed by atoms with Gasteiger partial charge in [-0.25, -0.2) is 0 Å². The van der Waals surface area contributed by atoms with Gasteiger partial charge in [0.15, 0.2) is 0 Å². The summed E-state index contributed by atoms with van der Waals surface area (Å²) in [5.41, 5.74) is 0. The van der Waals surface area contributed by atoms with Gasteiger partial charge >= 0.3 is 5.97 Å². The van der Waals surface area contributed by atoms with Gasteiger partial charge in [-0.15, -0.1) is 0 Å². The highest BCUT2D eigenvalue weighted by Gasteiger charge is 2.13. The Kier molecular flexibility index (Phi) is 7.17. The summed E-state index contributed by atoms with van der Waals surface area (Å²) in [6.07, 6.45) is 4.20. The van der Waals surface area contributed by atoms with Crippen molar-refractivity contribution in [1.29, 1.82) is 0 Å². The smallest absolute Gasteiger partial charge is 0.319 e. The second kappa shape index (κ2) is 8.53. The number of unbranched alkanes of at least 4 members (excludes halogenated alkanes) is 1. The third-order valence-electron chi connectivity index (χ3n) is 2.80. The zero-order chi connectivity index (χ0) is 11.6. The number of carbonyl (C=O) groups is 1. The van der Waals surface area contributed by atoms with Crippen LogP contribution in [0.25, 0.3) is 0 Å². The average molecular weight is 229 g/mol. The minimum atomic E-state index is -0.138. The average Bonchev–Trinajstić information content (AvgIpc) is 2.31. The highest BCUT2D eigenvalue weighted by Crippen LogP contribution is 2.12. The first-order valence-electron chi connectivity index (χ1n) is 6.27. The molecule has 0 amide bonds. The first-order chi connectivity index (χ1) is 7.83. The highest BCUT2D eigenvalue weighted by atomic mass is 16.5. The molecule has 1 rings (SSSR count). The molecule has 0 radical (unpaired) electrons. The van der Waals surface area contributed by atoms with E-state index in [0.29, 0.717) is 19.1 Å². The Hall–Kier alpha value is -0.610. The van der Waals surface area contributed by atoms with E-state index >= 15 is 0 Å². The summed E-state index contributed by atoms with van der Waals surface area (Å²) < 4.78 is 10.3. The molecular formula is C12H23NO3. The molecule has 1 fully saturated rings. The molecule has 1 saturated heterocycles. The first-order valence-corrected chi connectivity index (χ1v) is 6.27. The van der Waals surface area contributed by atoms with E-state index in [4.69, 9.17) is 9.47 Å². The molecule has 0 spiro atoms. The largest absolute Gasteiger partial charge is 0.465 e. The molecule has 1 N–H and O–H groups in total. The summed E-state index contributed by atoms with van der Waals surface area (Å²) in [6.45, 7) is 5.57. The Balaban J connectivity index is 1.94. The molecule has 0 saturated carbocycles. The number of carbonyl (C=O) groups excluding carboxylic acids is 1. The molecule has 0 aromatic rings. The SMILES string of the molecule is CCCCOC(=O)CNCC1CCOCC1. The van der Waals surface area contributed by atoms with E-state index in [1.165, 1.54) is 0 Å². The molecule has 1 heterocycles. The van der Waals surface area contributed by atoms with E-state index < -0.39 is 0 Å². The Morgan fingerprint density at radius 1 is 1.44 bits per heavy atom. The Morgan fingerprint density at radius 3 is 2.88 bits per heavy atom. The van der Waals surface area contributed by atoms with E-state index in [0.717, 1.165) is 45.4 Å². The maximum absolute atomic E-state index is 11.3. The zero-order valence-electron chi connectivity index (χ0n) is 10.2. The van der Waals surface area contributed by atoms with Gasteiger partial charge < -0.3 is 14.8 Å². The van der Waals surface area contributed by atoms with Crippen molar-refractivity contribution < 1.29 is 14.3 Å². The molecule has 4 heteroatoms. The van der Waals surface area contributed by atoms with Crippen LogP contribution in [0.3, 0.4) is 0 Å². The van der Waals surface area contributed by atoms with Crippen molar-refractivity contribution in [1.82, 2.24) is 5.32 Å². The summed E-state index contributed by atoms with van der Waals surface area (Å²) in [4.78, 5) is 11.3. The van der Waals surface area contributed by atoms with Crippen LogP contribution in [-0.4, -0.2) is 38.9 Å². The maximum Gasteiger partial charge on any atom is 0.319 e. The van der Waals surface area contributed by atoms with E-state index in [1.54, 1.807) is 0 Å². The second-order valence-corrected chi connectivity index (χ2v) is 4.26. The summed E-state index contributed by atoms with van der Waals surface area (Å²) in [5, 5.41) is 3.15. The number of ether oxygens (including phenoxy) is 2. The number of esters is 1. The molecule has 0 bridgehead atoms. The molecule has 0 atom stereocenters. The van der Waals surface area contributed by atoms with Crippen LogP contribution in [0.1, 0.15) is 32.6 Å². The lowest BCUT2D eigenvalue weighted by molar-refractivity contribution is -0.142. The van der Waals surface area contributed by atoms with Crippen molar-refractivity contribution >= 4 is 5.97 Å². The lowest BCUT2D eigenvalue weighted by Crippen LogP contribution is -2.32. The Bertz CT molecular complexity index is 191. The van der Waals surface area contributed by atoms with E-state index in [1.807, 2.05) is 0 Å². The van der Waals surface area contributed by atoms with Crippen molar-refractivity contribution in [2.75, 3.05) is 32.9 Å². The van der Waals surface area contributed by atoms with Gasteiger partial charge in [-0.2, -0.15) is 0 Å². The number of nitrogens with one attached hydrogen (secondary N) is 1. The lowest BCUT2D eigenvalue weighted by atomic mass is 10.0. The van der Waals surface area contributed by atoms with Gasteiger partial charge in [-0.05, 0) is 31.7 Å². The molecule has 0 aromatic heterocycles. The second-order valence-electron chi connectivity index (χ2n) is 4.26. The molecule has 94 valence electrons. The predicted molar refractivity (Wildman–Crippen MR) is 62.3 cm³/mol. The maximum atomic E-state index is 11.3. The van der Waals surface area contributed by atoms with Crippen molar-refractivity contribution in [3.63, 3.8) is 0 Å². The lowest BCUT2D eigenvalue weighted by Gasteiger charge is -2.21. The van der Waals surface area contributed by atoms with Crippen molar-refractivity contribution in [3.05, 3.63) is 0 Å². The van der Waals surface area contributed by atoms with Crippen molar-refractivity contribution in [2.24, 2.45) is 5.92 Å². The quantitative estimate of drug-likeness (QED) is 0.529.